The molecule has 15 heavy (non-hydrogen) atoms. The van der Waals surface area contributed by atoms with E-state index in [2.05, 4.69) is 25.8 Å². The third kappa shape index (κ3) is 4.79. The lowest BCUT2D eigenvalue weighted by atomic mass is 10.1. The number of rotatable bonds is 6. The van der Waals surface area contributed by atoms with Gasteiger partial charge in [0.25, 0.3) is 0 Å². The van der Waals surface area contributed by atoms with Crippen molar-refractivity contribution in [1.29, 1.82) is 0 Å². The van der Waals surface area contributed by atoms with E-state index in [1.807, 2.05) is 12.1 Å². The summed E-state index contributed by atoms with van der Waals surface area (Å²) in [7, 11) is 0. The van der Waals surface area contributed by atoms with Gasteiger partial charge >= 0.3 is 0 Å². The molecule has 84 valence electrons. The van der Waals surface area contributed by atoms with Gasteiger partial charge in [0.15, 0.2) is 0 Å². The van der Waals surface area contributed by atoms with Crippen molar-refractivity contribution in [1.82, 2.24) is 4.98 Å². The lowest BCUT2D eigenvalue weighted by molar-refractivity contribution is -0.0317. The van der Waals surface area contributed by atoms with Crippen LogP contribution in [0, 0.1) is 0 Å². The van der Waals surface area contributed by atoms with Crippen molar-refractivity contribution < 1.29 is 9.47 Å². The van der Waals surface area contributed by atoms with Gasteiger partial charge in [-0.05, 0) is 32.4 Å². The third-order valence-electron chi connectivity index (χ3n) is 2.35. The largest absolute Gasteiger partial charge is 0.491 e. The minimum atomic E-state index is -0.0540. The van der Waals surface area contributed by atoms with Gasteiger partial charge in [-0.2, -0.15) is 0 Å². The first-order chi connectivity index (χ1) is 7.14. The Labute approximate surface area is 91.4 Å². The summed E-state index contributed by atoms with van der Waals surface area (Å²) in [6.45, 7) is 7.47. The van der Waals surface area contributed by atoms with Crippen molar-refractivity contribution >= 4 is 0 Å². The van der Waals surface area contributed by atoms with Crippen molar-refractivity contribution in [2.45, 2.75) is 32.8 Å². The summed E-state index contributed by atoms with van der Waals surface area (Å²) in [5, 5.41) is 0. The topological polar surface area (TPSA) is 31.4 Å². The van der Waals surface area contributed by atoms with Crippen LogP contribution in [0.5, 0.6) is 5.75 Å². The fourth-order valence-corrected chi connectivity index (χ4v) is 1.01. The van der Waals surface area contributed by atoms with Gasteiger partial charge in [-0.3, -0.25) is 4.98 Å². The number of ether oxygens (including phenoxy) is 2. The molecule has 1 aromatic heterocycles. The summed E-state index contributed by atoms with van der Waals surface area (Å²) in [4.78, 5) is 3.91. The van der Waals surface area contributed by atoms with Gasteiger partial charge in [0.2, 0.25) is 0 Å². The summed E-state index contributed by atoms with van der Waals surface area (Å²) in [5.74, 6) is 0.836. The van der Waals surface area contributed by atoms with Crippen molar-refractivity contribution in [3.63, 3.8) is 0 Å². The second-order valence-electron chi connectivity index (χ2n) is 3.99. The quantitative estimate of drug-likeness (QED) is 0.675. The standard InChI is InChI=1S/C12H19NO2/c1-4-12(2,3)15-10-9-14-11-5-7-13-8-6-11/h5-8H,4,9-10H2,1-3H3. The van der Waals surface area contributed by atoms with Crippen LogP contribution in [0.15, 0.2) is 24.5 Å². The molecule has 0 aliphatic heterocycles. The Hall–Kier alpha value is -1.09. The Morgan fingerprint density at radius 2 is 1.87 bits per heavy atom. The number of aromatic nitrogens is 1. The Balaban J connectivity index is 2.18. The van der Waals surface area contributed by atoms with E-state index in [9.17, 15) is 0 Å². The maximum Gasteiger partial charge on any atom is 0.122 e. The monoisotopic (exact) mass is 209 g/mol. The molecule has 0 bridgehead atoms. The fraction of sp³-hybridized carbons (Fsp3) is 0.583. The normalized spacial score (nSPS) is 11.4. The molecule has 0 radical (unpaired) electrons. The Kier molecular flexibility index (Phi) is 4.56. The van der Waals surface area contributed by atoms with Crippen molar-refractivity contribution in [2.24, 2.45) is 0 Å². The molecule has 3 heteroatoms. The highest BCUT2D eigenvalue weighted by atomic mass is 16.5. The van der Waals surface area contributed by atoms with E-state index < -0.39 is 0 Å². The van der Waals surface area contributed by atoms with E-state index in [4.69, 9.17) is 9.47 Å². The van der Waals surface area contributed by atoms with E-state index in [1.54, 1.807) is 12.4 Å². The Morgan fingerprint density at radius 3 is 2.47 bits per heavy atom. The second-order valence-corrected chi connectivity index (χ2v) is 3.99. The molecule has 0 aliphatic rings. The zero-order valence-corrected chi connectivity index (χ0v) is 9.69. The minimum absolute atomic E-state index is 0.0540. The van der Waals surface area contributed by atoms with Crippen LogP contribution in [0.2, 0.25) is 0 Å². The molecule has 0 saturated heterocycles. The molecule has 0 aliphatic carbocycles. The first-order valence-electron chi connectivity index (χ1n) is 5.31. The smallest absolute Gasteiger partial charge is 0.122 e. The van der Waals surface area contributed by atoms with E-state index in [1.165, 1.54) is 0 Å². The minimum Gasteiger partial charge on any atom is -0.491 e. The maximum atomic E-state index is 5.66. The molecule has 0 amide bonds. The van der Waals surface area contributed by atoms with Crippen molar-refractivity contribution in [2.75, 3.05) is 13.2 Å². The molecule has 0 spiro atoms. The summed E-state index contributed by atoms with van der Waals surface area (Å²) in [6, 6.07) is 3.68. The highest BCUT2D eigenvalue weighted by Crippen LogP contribution is 2.13. The second kappa shape index (κ2) is 5.71. The van der Waals surface area contributed by atoms with Gasteiger partial charge < -0.3 is 9.47 Å². The predicted octanol–water partition coefficient (Wildman–Crippen LogP) is 2.67. The van der Waals surface area contributed by atoms with Crippen LogP contribution in [0.1, 0.15) is 27.2 Å². The van der Waals surface area contributed by atoms with Gasteiger partial charge in [0, 0.05) is 12.4 Å². The highest BCUT2D eigenvalue weighted by molar-refractivity contribution is 5.16. The van der Waals surface area contributed by atoms with Crippen molar-refractivity contribution in [3.05, 3.63) is 24.5 Å². The lowest BCUT2D eigenvalue weighted by Gasteiger charge is -2.23. The Morgan fingerprint density at radius 1 is 1.20 bits per heavy atom. The van der Waals surface area contributed by atoms with Crippen LogP contribution in [0.3, 0.4) is 0 Å². The van der Waals surface area contributed by atoms with Gasteiger partial charge in [-0.25, -0.2) is 0 Å². The van der Waals surface area contributed by atoms with Gasteiger partial charge in [-0.1, -0.05) is 6.92 Å². The molecule has 1 rings (SSSR count). The number of pyridine rings is 1. The first kappa shape index (κ1) is 12.0. The molecule has 1 heterocycles. The summed E-state index contributed by atoms with van der Waals surface area (Å²) < 4.78 is 11.1. The number of nitrogens with zero attached hydrogens (tertiary/aromatic N) is 1. The summed E-state index contributed by atoms with van der Waals surface area (Å²) in [6.07, 6.45) is 4.43. The van der Waals surface area contributed by atoms with E-state index >= 15 is 0 Å². The molecular weight excluding hydrogens is 190 g/mol. The van der Waals surface area contributed by atoms with Crippen molar-refractivity contribution in [3.8, 4) is 5.75 Å². The van der Waals surface area contributed by atoms with Gasteiger partial charge in [0.1, 0.15) is 12.4 Å². The number of hydrogen-bond acceptors (Lipinski definition) is 3. The first-order valence-corrected chi connectivity index (χ1v) is 5.31. The third-order valence-corrected chi connectivity index (χ3v) is 2.35. The lowest BCUT2D eigenvalue weighted by Crippen LogP contribution is -2.25. The van der Waals surface area contributed by atoms with Gasteiger partial charge in [-0.15, -0.1) is 0 Å². The average Bonchev–Trinajstić information content (AvgIpc) is 2.26. The molecule has 0 fully saturated rings. The van der Waals surface area contributed by atoms with Crippen LogP contribution in [0.4, 0.5) is 0 Å². The SMILES string of the molecule is CCC(C)(C)OCCOc1ccncc1. The predicted molar refractivity (Wildman–Crippen MR) is 60.1 cm³/mol. The zero-order chi connectivity index (χ0) is 11.1. The molecule has 0 atom stereocenters. The zero-order valence-electron chi connectivity index (χ0n) is 9.69. The molecule has 0 aromatic carbocycles. The number of hydrogen-bond donors (Lipinski definition) is 0. The highest BCUT2D eigenvalue weighted by Gasteiger charge is 2.14. The molecule has 0 N–H and O–H groups in total. The van der Waals surface area contributed by atoms with E-state index in [0.29, 0.717) is 13.2 Å². The Bertz CT molecular complexity index is 272. The van der Waals surface area contributed by atoms with E-state index in [0.717, 1.165) is 12.2 Å². The molecule has 0 unspecified atom stereocenters. The van der Waals surface area contributed by atoms with Crippen LogP contribution >= 0.6 is 0 Å². The molecule has 3 nitrogen and oxygen atoms in total. The van der Waals surface area contributed by atoms with E-state index in [-0.39, 0.29) is 5.60 Å². The van der Waals surface area contributed by atoms with Crippen LogP contribution < -0.4 is 4.74 Å². The molecular formula is C12H19NO2. The average molecular weight is 209 g/mol. The maximum absolute atomic E-state index is 5.66. The van der Waals surface area contributed by atoms with Crippen LogP contribution in [0.25, 0.3) is 0 Å². The van der Waals surface area contributed by atoms with Crippen LogP contribution in [-0.2, 0) is 4.74 Å². The van der Waals surface area contributed by atoms with Gasteiger partial charge in [0.05, 0.1) is 12.2 Å². The summed E-state index contributed by atoms with van der Waals surface area (Å²) in [5.41, 5.74) is -0.0540. The fourth-order valence-electron chi connectivity index (χ4n) is 1.01. The molecule has 0 saturated carbocycles. The summed E-state index contributed by atoms with van der Waals surface area (Å²) >= 11 is 0. The molecule has 1 aromatic rings. The van der Waals surface area contributed by atoms with Crippen LogP contribution in [-0.4, -0.2) is 23.8 Å².